The molecule has 0 aliphatic carbocycles. The van der Waals surface area contributed by atoms with Crippen molar-refractivity contribution in [2.75, 3.05) is 12.0 Å². The lowest BCUT2D eigenvalue weighted by Gasteiger charge is -2.07. The molecule has 3 nitrogen and oxygen atoms in total. The lowest BCUT2D eigenvalue weighted by Crippen LogP contribution is -2.05. The van der Waals surface area contributed by atoms with Gasteiger partial charge in [0.1, 0.15) is 9.84 Å². The molecule has 7 heteroatoms. The number of thiophene rings is 1. The van der Waals surface area contributed by atoms with Crippen molar-refractivity contribution in [1.29, 1.82) is 0 Å². The second-order valence-electron chi connectivity index (χ2n) is 3.56. The summed E-state index contributed by atoms with van der Waals surface area (Å²) in [4.78, 5) is 0.840. The zero-order valence-electron chi connectivity index (χ0n) is 8.61. The van der Waals surface area contributed by atoms with E-state index in [2.05, 4.69) is 31.9 Å². The van der Waals surface area contributed by atoms with Crippen LogP contribution in [0.3, 0.4) is 0 Å². The molecule has 0 aliphatic heterocycles. The Morgan fingerprint density at radius 3 is 2.56 bits per heavy atom. The zero-order chi connectivity index (χ0) is 12.3. The van der Waals surface area contributed by atoms with Crippen LogP contribution in [0.2, 0.25) is 0 Å². The third-order valence-electron chi connectivity index (χ3n) is 1.99. The predicted molar refractivity (Wildman–Crippen MR) is 73.6 cm³/mol. The van der Waals surface area contributed by atoms with E-state index in [9.17, 15) is 13.5 Å². The van der Waals surface area contributed by atoms with Crippen LogP contribution in [0.5, 0.6) is 0 Å². The van der Waals surface area contributed by atoms with Crippen molar-refractivity contribution in [3.8, 4) is 0 Å². The Morgan fingerprint density at radius 1 is 1.50 bits per heavy atom. The third-order valence-corrected chi connectivity index (χ3v) is 6.37. The van der Waals surface area contributed by atoms with Gasteiger partial charge in [-0.3, -0.25) is 0 Å². The molecule has 0 amide bonds. The van der Waals surface area contributed by atoms with E-state index in [1.54, 1.807) is 0 Å². The van der Waals surface area contributed by atoms with Gasteiger partial charge < -0.3 is 5.11 Å². The van der Waals surface area contributed by atoms with Gasteiger partial charge in [0, 0.05) is 21.4 Å². The van der Waals surface area contributed by atoms with E-state index in [-0.39, 0.29) is 5.75 Å². The van der Waals surface area contributed by atoms with Gasteiger partial charge in [-0.15, -0.1) is 11.3 Å². The molecule has 1 unspecified atom stereocenters. The molecule has 1 aromatic heterocycles. The van der Waals surface area contributed by atoms with Gasteiger partial charge in [-0.2, -0.15) is 0 Å². The van der Waals surface area contributed by atoms with Crippen molar-refractivity contribution in [2.24, 2.45) is 0 Å². The Balaban J connectivity index is 2.50. The van der Waals surface area contributed by atoms with Crippen molar-refractivity contribution in [2.45, 2.75) is 18.9 Å². The number of aliphatic hydroxyl groups excluding tert-OH is 1. The fourth-order valence-corrected chi connectivity index (χ4v) is 4.01. The van der Waals surface area contributed by atoms with E-state index in [4.69, 9.17) is 0 Å². The Kier molecular flexibility index (Phi) is 5.44. The van der Waals surface area contributed by atoms with Crippen molar-refractivity contribution in [3.63, 3.8) is 0 Å². The Morgan fingerprint density at radius 2 is 2.12 bits per heavy atom. The smallest absolute Gasteiger partial charge is 0.147 e. The SMILES string of the molecule is CS(=O)(=O)CCCC(O)c1cc(Br)c(Br)s1. The standard InChI is InChI=1S/C9H12Br2O3S2/c1-16(13,14)4-2-3-7(12)8-5-6(10)9(11)15-8/h5,7,12H,2-4H2,1H3. The molecule has 0 radical (unpaired) electrons. The molecular formula is C9H12Br2O3S2. The van der Waals surface area contributed by atoms with Crippen LogP contribution in [0.15, 0.2) is 14.3 Å². The molecule has 1 atom stereocenters. The monoisotopic (exact) mass is 390 g/mol. The maximum absolute atomic E-state index is 10.9. The molecule has 92 valence electrons. The summed E-state index contributed by atoms with van der Waals surface area (Å²) in [5.41, 5.74) is 0. The van der Waals surface area contributed by atoms with E-state index >= 15 is 0 Å². The predicted octanol–water partition coefficient (Wildman–Crippen LogP) is 3.13. The highest BCUT2D eigenvalue weighted by Crippen LogP contribution is 2.36. The Bertz CT molecular complexity index is 434. The summed E-state index contributed by atoms with van der Waals surface area (Å²) in [5, 5.41) is 9.83. The zero-order valence-corrected chi connectivity index (χ0v) is 13.4. The van der Waals surface area contributed by atoms with Gasteiger partial charge in [0.05, 0.1) is 9.89 Å². The molecule has 1 N–H and O–H groups in total. The molecule has 1 rings (SSSR count). The van der Waals surface area contributed by atoms with Crippen LogP contribution < -0.4 is 0 Å². The van der Waals surface area contributed by atoms with E-state index in [0.29, 0.717) is 12.8 Å². The average Bonchev–Trinajstić information content (AvgIpc) is 2.45. The van der Waals surface area contributed by atoms with Crippen molar-refractivity contribution in [1.82, 2.24) is 0 Å². The van der Waals surface area contributed by atoms with Gasteiger partial charge in [0.2, 0.25) is 0 Å². The number of hydrogen-bond donors (Lipinski definition) is 1. The number of halogens is 2. The number of sulfone groups is 1. The number of rotatable bonds is 5. The average molecular weight is 392 g/mol. The minimum absolute atomic E-state index is 0.123. The maximum Gasteiger partial charge on any atom is 0.147 e. The molecule has 16 heavy (non-hydrogen) atoms. The van der Waals surface area contributed by atoms with Crippen LogP contribution in [0.4, 0.5) is 0 Å². The summed E-state index contributed by atoms with van der Waals surface area (Å²) >= 11 is 8.14. The highest BCUT2D eigenvalue weighted by Gasteiger charge is 2.13. The summed E-state index contributed by atoms with van der Waals surface area (Å²) in [5.74, 6) is 0.123. The van der Waals surface area contributed by atoms with E-state index in [0.717, 1.165) is 13.1 Å². The molecule has 0 saturated carbocycles. The molecule has 0 saturated heterocycles. The van der Waals surface area contributed by atoms with E-state index in [1.807, 2.05) is 6.07 Å². The van der Waals surface area contributed by atoms with Crippen LogP contribution >= 0.6 is 43.2 Å². The topological polar surface area (TPSA) is 54.4 Å². The maximum atomic E-state index is 10.9. The first-order valence-electron chi connectivity index (χ1n) is 4.60. The van der Waals surface area contributed by atoms with Crippen LogP contribution in [-0.4, -0.2) is 25.5 Å². The quantitative estimate of drug-likeness (QED) is 0.838. The molecule has 0 fully saturated rings. The second kappa shape index (κ2) is 5.95. The fraction of sp³-hybridized carbons (Fsp3) is 0.556. The molecule has 0 aromatic carbocycles. The lowest BCUT2D eigenvalue weighted by atomic mass is 10.2. The van der Waals surface area contributed by atoms with Gasteiger partial charge in [-0.1, -0.05) is 0 Å². The van der Waals surface area contributed by atoms with Crippen LogP contribution in [-0.2, 0) is 9.84 Å². The first-order valence-corrected chi connectivity index (χ1v) is 9.06. The summed E-state index contributed by atoms with van der Waals surface area (Å²) in [7, 11) is -2.93. The van der Waals surface area contributed by atoms with Crippen LogP contribution in [0.1, 0.15) is 23.8 Å². The molecule has 1 aromatic rings. The second-order valence-corrected chi connectivity index (χ2v) is 9.07. The summed E-state index contributed by atoms with van der Waals surface area (Å²) in [6.45, 7) is 0. The molecule has 0 spiro atoms. The van der Waals surface area contributed by atoms with Gasteiger partial charge in [0.15, 0.2) is 0 Å². The molecule has 1 heterocycles. The Hall–Kier alpha value is 0.570. The normalized spacial score (nSPS) is 14.0. The first-order chi connectivity index (χ1) is 7.29. The van der Waals surface area contributed by atoms with E-state index in [1.165, 1.54) is 17.6 Å². The fourth-order valence-electron chi connectivity index (χ4n) is 1.21. The third kappa shape index (κ3) is 4.83. The van der Waals surface area contributed by atoms with Crippen molar-refractivity contribution >= 4 is 53.0 Å². The van der Waals surface area contributed by atoms with Gasteiger partial charge >= 0.3 is 0 Å². The van der Waals surface area contributed by atoms with Crippen molar-refractivity contribution < 1.29 is 13.5 Å². The number of hydrogen-bond acceptors (Lipinski definition) is 4. The minimum atomic E-state index is -2.93. The minimum Gasteiger partial charge on any atom is -0.388 e. The summed E-state index contributed by atoms with van der Waals surface area (Å²) in [6.07, 6.45) is 1.56. The van der Waals surface area contributed by atoms with Crippen molar-refractivity contribution in [3.05, 3.63) is 19.2 Å². The van der Waals surface area contributed by atoms with Gasteiger partial charge in [0.25, 0.3) is 0 Å². The van der Waals surface area contributed by atoms with Gasteiger partial charge in [-0.25, -0.2) is 8.42 Å². The molecular weight excluding hydrogens is 380 g/mol. The first kappa shape index (κ1) is 14.6. The van der Waals surface area contributed by atoms with Gasteiger partial charge in [-0.05, 0) is 50.8 Å². The van der Waals surface area contributed by atoms with E-state index < -0.39 is 15.9 Å². The van der Waals surface area contributed by atoms with Crippen LogP contribution in [0, 0.1) is 0 Å². The lowest BCUT2D eigenvalue weighted by molar-refractivity contribution is 0.170. The summed E-state index contributed by atoms with van der Waals surface area (Å²) < 4.78 is 23.7. The largest absolute Gasteiger partial charge is 0.388 e. The molecule has 0 bridgehead atoms. The summed E-state index contributed by atoms with van der Waals surface area (Å²) in [6, 6.07) is 1.85. The molecule has 0 aliphatic rings. The number of aliphatic hydroxyl groups is 1. The Labute approximate surface area is 116 Å². The highest BCUT2D eigenvalue weighted by atomic mass is 79.9. The van der Waals surface area contributed by atoms with Crippen LogP contribution in [0.25, 0.3) is 0 Å². The highest BCUT2D eigenvalue weighted by molar-refractivity contribution is 9.13.